The number of amides is 1. The summed E-state index contributed by atoms with van der Waals surface area (Å²) in [6, 6.07) is 6.19. The minimum atomic E-state index is -0.306. The van der Waals surface area contributed by atoms with Gasteiger partial charge in [-0.05, 0) is 58.3 Å². The van der Waals surface area contributed by atoms with Crippen LogP contribution in [0.1, 0.15) is 23.8 Å². The van der Waals surface area contributed by atoms with Crippen LogP contribution in [0.25, 0.3) is 10.2 Å². The van der Waals surface area contributed by atoms with Crippen molar-refractivity contribution < 1.29 is 9.18 Å². The number of benzene rings is 1. The minimum Gasteiger partial charge on any atom is -0.309 e. The summed E-state index contributed by atoms with van der Waals surface area (Å²) in [5, 5.41) is 4.89. The van der Waals surface area contributed by atoms with Crippen LogP contribution in [-0.4, -0.2) is 52.8 Å². The van der Waals surface area contributed by atoms with E-state index in [4.69, 9.17) is 0 Å². The Kier molecular flexibility index (Phi) is 7.29. The first-order chi connectivity index (χ1) is 12.5. The summed E-state index contributed by atoms with van der Waals surface area (Å²) >= 11 is 1.32. The number of fused-ring (bicyclic) bond motifs is 1. The van der Waals surface area contributed by atoms with Gasteiger partial charge in [0.15, 0.2) is 10.8 Å². The summed E-state index contributed by atoms with van der Waals surface area (Å²) in [6.45, 7) is 4.05. The molecule has 0 aliphatic heterocycles. The molecule has 27 heavy (non-hydrogen) atoms. The van der Waals surface area contributed by atoms with Crippen molar-refractivity contribution in [1.29, 1.82) is 0 Å². The lowest BCUT2D eigenvalue weighted by Gasteiger charge is -2.20. The SMILES string of the molecule is CCn1ccc(C(=O)N(CCCN(C)C)c2nc3ccc(F)cc3s2)n1.Cl. The molecule has 3 rings (SSSR count). The fourth-order valence-electron chi connectivity index (χ4n) is 2.62. The van der Waals surface area contributed by atoms with Gasteiger partial charge in [-0.3, -0.25) is 14.4 Å². The predicted octanol–water partition coefficient (Wildman–Crippen LogP) is 3.67. The summed E-state index contributed by atoms with van der Waals surface area (Å²) in [6.07, 6.45) is 2.59. The number of carbonyl (C=O) groups is 1. The molecule has 0 aliphatic rings. The van der Waals surface area contributed by atoms with Gasteiger partial charge in [-0.2, -0.15) is 5.10 Å². The second-order valence-electron chi connectivity index (χ2n) is 6.28. The molecule has 0 aliphatic carbocycles. The van der Waals surface area contributed by atoms with Gasteiger partial charge in [0.25, 0.3) is 5.91 Å². The van der Waals surface area contributed by atoms with Crippen molar-refractivity contribution in [3.63, 3.8) is 0 Å². The lowest BCUT2D eigenvalue weighted by atomic mass is 10.3. The van der Waals surface area contributed by atoms with Crippen LogP contribution >= 0.6 is 23.7 Å². The first-order valence-corrected chi connectivity index (χ1v) is 9.35. The molecule has 0 fully saturated rings. The third-order valence-corrected chi connectivity index (χ3v) is 5.03. The number of anilines is 1. The normalized spacial score (nSPS) is 11.0. The molecule has 0 bridgehead atoms. The summed E-state index contributed by atoms with van der Waals surface area (Å²) in [5.41, 5.74) is 1.08. The highest BCUT2D eigenvalue weighted by Gasteiger charge is 2.23. The monoisotopic (exact) mass is 411 g/mol. The maximum Gasteiger partial charge on any atom is 0.280 e. The van der Waals surface area contributed by atoms with Gasteiger partial charge >= 0.3 is 0 Å². The van der Waals surface area contributed by atoms with Crippen LogP contribution in [0.3, 0.4) is 0 Å². The molecule has 6 nitrogen and oxygen atoms in total. The molecule has 0 saturated carbocycles. The van der Waals surface area contributed by atoms with Crippen molar-refractivity contribution in [3.8, 4) is 0 Å². The Bertz CT molecular complexity index is 910. The lowest BCUT2D eigenvalue weighted by Crippen LogP contribution is -2.33. The zero-order chi connectivity index (χ0) is 18.7. The molecule has 3 aromatic rings. The quantitative estimate of drug-likeness (QED) is 0.595. The molecule has 0 spiro atoms. The van der Waals surface area contributed by atoms with Crippen LogP contribution in [0.2, 0.25) is 0 Å². The summed E-state index contributed by atoms with van der Waals surface area (Å²) in [7, 11) is 3.99. The van der Waals surface area contributed by atoms with Crippen LogP contribution in [0.15, 0.2) is 30.5 Å². The van der Waals surface area contributed by atoms with Gasteiger partial charge in [0, 0.05) is 19.3 Å². The van der Waals surface area contributed by atoms with E-state index in [-0.39, 0.29) is 24.1 Å². The molecule has 0 unspecified atom stereocenters. The maximum absolute atomic E-state index is 13.5. The Morgan fingerprint density at radius 1 is 1.26 bits per heavy atom. The second kappa shape index (κ2) is 9.25. The molecule has 2 heterocycles. The van der Waals surface area contributed by atoms with E-state index in [1.807, 2.05) is 21.0 Å². The number of carbonyl (C=O) groups excluding carboxylic acids is 1. The Hall–Kier alpha value is -2.03. The topological polar surface area (TPSA) is 54.3 Å². The van der Waals surface area contributed by atoms with Crippen molar-refractivity contribution in [2.24, 2.45) is 0 Å². The number of hydrogen-bond donors (Lipinski definition) is 0. The minimum absolute atomic E-state index is 0. The molecule has 0 N–H and O–H groups in total. The largest absolute Gasteiger partial charge is 0.309 e. The highest BCUT2D eigenvalue weighted by atomic mass is 35.5. The number of aromatic nitrogens is 3. The molecule has 9 heteroatoms. The molecular weight excluding hydrogens is 389 g/mol. The van der Waals surface area contributed by atoms with Gasteiger partial charge in [-0.15, -0.1) is 12.4 Å². The number of hydrogen-bond acceptors (Lipinski definition) is 5. The van der Waals surface area contributed by atoms with Crippen LogP contribution in [0.5, 0.6) is 0 Å². The third-order valence-electron chi connectivity index (χ3n) is 3.99. The fraction of sp³-hybridized carbons (Fsp3) is 0.389. The van der Waals surface area contributed by atoms with Crippen molar-refractivity contribution in [1.82, 2.24) is 19.7 Å². The first-order valence-electron chi connectivity index (χ1n) is 8.54. The number of thiazole rings is 1. The first kappa shape index (κ1) is 21.3. The Balaban J connectivity index is 0.00000261. The van der Waals surface area contributed by atoms with Gasteiger partial charge < -0.3 is 4.90 Å². The Labute approximate surface area is 168 Å². The zero-order valence-corrected chi connectivity index (χ0v) is 17.2. The summed E-state index contributed by atoms with van der Waals surface area (Å²) < 4.78 is 15.9. The molecule has 1 aromatic carbocycles. The number of rotatable bonds is 7. The second-order valence-corrected chi connectivity index (χ2v) is 7.29. The highest BCUT2D eigenvalue weighted by Crippen LogP contribution is 2.30. The highest BCUT2D eigenvalue weighted by molar-refractivity contribution is 7.22. The lowest BCUT2D eigenvalue weighted by molar-refractivity contribution is 0.0980. The van der Waals surface area contributed by atoms with Crippen LogP contribution < -0.4 is 4.90 Å². The van der Waals surface area contributed by atoms with E-state index < -0.39 is 0 Å². The van der Waals surface area contributed by atoms with E-state index in [1.165, 1.54) is 23.5 Å². The maximum atomic E-state index is 13.5. The zero-order valence-electron chi connectivity index (χ0n) is 15.6. The van der Waals surface area contributed by atoms with E-state index in [0.29, 0.717) is 29.4 Å². The standard InChI is InChI=1S/C18H22FN5OS.ClH/c1-4-23-11-8-15(21-23)17(25)24(10-5-9-22(2)3)18-20-14-7-6-13(19)12-16(14)26-18;/h6-8,11-12H,4-5,9-10H2,1-3H3;1H. The smallest absolute Gasteiger partial charge is 0.280 e. The molecule has 146 valence electrons. The van der Waals surface area contributed by atoms with Gasteiger partial charge in [0.1, 0.15) is 5.82 Å². The van der Waals surface area contributed by atoms with Crippen molar-refractivity contribution >= 4 is 45.0 Å². The predicted molar refractivity (Wildman–Crippen MR) is 110 cm³/mol. The van der Waals surface area contributed by atoms with Crippen LogP contribution in [0.4, 0.5) is 9.52 Å². The number of nitrogens with zero attached hydrogens (tertiary/aromatic N) is 5. The van der Waals surface area contributed by atoms with Gasteiger partial charge in [-0.25, -0.2) is 9.37 Å². The molecule has 1 amide bonds. The van der Waals surface area contributed by atoms with Crippen molar-refractivity contribution in [2.45, 2.75) is 19.9 Å². The fourth-order valence-corrected chi connectivity index (χ4v) is 3.64. The van der Waals surface area contributed by atoms with Crippen molar-refractivity contribution in [3.05, 3.63) is 42.0 Å². The van der Waals surface area contributed by atoms with E-state index in [2.05, 4.69) is 15.0 Å². The van der Waals surface area contributed by atoms with Crippen LogP contribution in [-0.2, 0) is 6.54 Å². The number of halogens is 2. The molecule has 0 saturated heterocycles. The third kappa shape index (κ3) is 5.03. The Morgan fingerprint density at radius 2 is 2.04 bits per heavy atom. The average Bonchev–Trinajstić information content (AvgIpc) is 3.24. The van der Waals surface area contributed by atoms with Crippen molar-refractivity contribution in [2.75, 3.05) is 32.1 Å². The van der Waals surface area contributed by atoms with E-state index in [0.717, 1.165) is 17.7 Å². The van der Waals surface area contributed by atoms with E-state index in [1.54, 1.807) is 27.9 Å². The number of aryl methyl sites for hydroxylation is 1. The molecule has 2 aromatic heterocycles. The van der Waals surface area contributed by atoms with Gasteiger partial charge in [0.2, 0.25) is 0 Å². The summed E-state index contributed by atoms with van der Waals surface area (Å²) in [4.78, 5) is 21.3. The molecule has 0 atom stereocenters. The van der Waals surface area contributed by atoms with E-state index >= 15 is 0 Å². The molecular formula is C18H23ClFN5OS. The van der Waals surface area contributed by atoms with E-state index in [9.17, 15) is 9.18 Å². The summed E-state index contributed by atoms with van der Waals surface area (Å²) in [5.74, 6) is -0.490. The van der Waals surface area contributed by atoms with Gasteiger partial charge in [-0.1, -0.05) is 11.3 Å². The van der Waals surface area contributed by atoms with Crippen LogP contribution in [0, 0.1) is 5.82 Å². The van der Waals surface area contributed by atoms with Gasteiger partial charge in [0.05, 0.1) is 10.2 Å². The average molecular weight is 412 g/mol. The Morgan fingerprint density at radius 3 is 2.70 bits per heavy atom. The molecule has 0 radical (unpaired) electrons.